The van der Waals surface area contributed by atoms with E-state index in [4.69, 9.17) is 9.47 Å². The molecule has 0 aliphatic heterocycles. The number of fused-ring (bicyclic) bond motifs is 1. The molecule has 2 aromatic carbocycles. The molecule has 3 aromatic rings. The lowest BCUT2D eigenvalue weighted by Gasteiger charge is -2.23. The molecular formula is C31H37NO4S. The predicted octanol–water partition coefficient (Wildman–Crippen LogP) is 7.57. The monoisotopic (exact) mass is 519 g/mol. The molecule has 0 atom stereocenters. The maximum Gasteiger partial charge on any atom is 0.341 e. The first-order valence-electron chi connectivity index (χ1n) is 13.2. The van der Waals surface area contributed by atoms with E-state index in [2.05, 4.69) is 56.4 Å². The van der Waals surface area contributed by atoms with Crippen molar-refractivity contribution in [1.29, 1.82) is 0 Å². The number of benzene rings is 2. The minimum Gasteiger partial charge on any atom is -0.494 e. The number of hydrogen-bond acceptors (Lipinski definition) is 5. The van der Waals surface area contributed by atoms with E-state index in [0.29, 0.717) is 30.0 Å². The van der Waals surface area contributed by atoms with Gasteiger partial charge in [-0.2, -0.15) is 0 Å². The van der Waals surface area contributed by atoms with Gasteiger partial charge >= 0.3 is 5.97 Å². The number of aryl methyl sites for hydroxylation is 2. The number of nitrogens with one attached hydrogen (secondary N) is 1. The molecule has 0 saturated heterocycles. The van der Waals surface area contributed by atoms with Gasteiger partial charge in [0.25, 0.3) is 0 Å². The number of carbonyl (C=O) groups is 2. The number of hydrogen-bond donors (Lipinski definition) is 1. The van der Waals surface area contributed by atoms with Gasteiger partial charge in [-0.15, -0.1) is 11.3 Å². The van der Waals surface area contributed by atoms with Gasteiger partial charge in [-0.25, -0.2) is 4.79 Å². The molecule has 1 aliphatic carbocycles. The first kappa shape index (κ1) is 26.9. The topological polar surface area (TPSA) is 64.6 Å². The fourth-order valence-corrected chi connectivity index (χ4v) is 5.66. The summed E-state index contributed by atoms with van der Waals surface area (Å²) in [6.07, 6.45) is 6.53. The highest BCUT2D eigenvalue weighted by Crippen LogP contribution is 2.38. The largest absolute Gasteiger partial charge is 0.494 e. The summed E-state index contributed by atoms with van der Waals surface area (Å²) < 4.78 is 10.9. The lowest BCUT2D eigenvalue weighted by molar-refractivity contribution is -0.116. The van der Waals surface area contributed by atoms with Gasteiger partial charge in [-0.1, -0.05) is 51.1 Å². The zero-order valence-corrected chi connectivity index (χ0v) is 23.1. The van der Waals surface area contributed by atoms with E-state index in [1.54, 1.807) is 0 Å². The molecule has 0 unspecified atom stereocenters. The van der Waals surface area contributed by atoms with Crippen LogP contribution in [-0.2, 0) is 27.8 Å². The van der Waals surface area contributed by atoms with Gasteiger partial charge in [0.15, 0.2) is 0 Å². The Labute approximate surface area is 224 Å². The molecule has 0 spiro atoms. The van der Waals surface area contributed by atoms with Crippen LogP contribution in [0, 0.1) is 0 Å². The average Bonchev–Trinajstić information content (AvgIpc) is 3.34. The number of carbonyl (C=O) groups excluding carboxylic acids is 2. The van der Waals surface area contributed by atoms with Crippen LogP contribution in [0.1, 0.15) is 79.9 Å². The van der Waals surface area contributed by atoms with E-state index in [1.165, 1.54) is 48.0 Å². The number of rotatable bonds is 10. The minimum absolute atomic E-state index is 0.140. The Morgan fingerprint density at radius 3 is 2.46 bits per heavy atom. The molecule has 1 heterocycles. The van der Waals surface area contributed by atoms with Crippen molar-refractivity contribution in [3.63, 3.8) is 0 Å². The van der Waals surface area contributed by atoms with Crippen LogP contribution in [0.5, 0.6) is 5.75 Å². The van der Waals surface area contributed by atoms with E-state index < -0.39 is 5.97 Å². The second kappa shape index (κ2) is 12.0. The zero-order chi connectivity index (χ0) is 26.4. The first-order chi connectivity index (χ1) is 17.8. The van der Waals surface area contributed by atoms with E-state index in [1.807, 2.05) is 17.5 Å². The van der Waals surface area contributed by atoms with Gasteiger partial charge in [0.1, 0.15) is 16.3 Å². The third kappa shape index (κ3) is 6.42. The van der Waals surface area contributed by atoms with Crippen molar-refractivity contribution >= 4 is 28.2 Å². The average molecular weight is 520 g/mol. The van der Waals surface area contributed by atoms with Gasteiger partial charge < -0.3 is 14.8 Å². The van der Waals surface area contributed by atoms with Crippen molar-refractivity contribution in [3.05, 3.63) is 70.1 Å². The summed E-state index contributed by atoms with van der Waals surface area (Å²) in [5.74, 6) is 0.215. The van der Waals surface area contributed by atoms with Gasteiger partial charge in [0, 0.05) is 17.4 Å². The minimum atomic E-state index is -0.442. The first-order valence-corrected chi connectivity index (χ1v) is 14.1. The lowest BCUT2D eigenvalue weighted by atomic mass is 9.82. The highest BCUT2D eigenvalue weighted by atomic mass is 32.1. The van der Waals surface area contributed by atoms with Gasteiger partial charge in [0.05, 0.1) is 13.7 Å². The molecule has 0 fully saturated rings. The highest BCUT2D eigenvalue weighted by molar-refractivity contribution is 7.15. The Hall–Kier alpha value is -3.12. The predicted molar refractivity (Wildman–Crippen MR) is 151 cm³/mol. The second-order valence-electron chi connectivity index (χ2n) is 10.3. The van der Waals surface area contributed by atoms with E-state index in [9.17, 15) is 9.59 Å². The standard InChI is InChI=1S/C31H37NO4S/c1-5-31(2,3)24-14-16-25(17-15-24)36-18-8-11-27(33)32-29-28(30(34)35-4)26(20-37-29)23-13-12-21-9-6-7-10-22(21)19-23/h12-17,19-20H,5-11,18H2,1-4H3,(H,32,33). The summed E-state index contributed by atoms with van der Waals surface area (Å²) in [6.45, 7) is 7.10. The summed E-state index contributed by atoms with van der Waals surface area (Å²) in [7, 11) is 1.37. The Balaban J connectivity index is 1.36. The molecule has 5 nitrogen and oxygen atoms in total. The van der Waals surface area contributed by atoms with E-state index in [0.717, 1.165) is 36.1 Å². The lowest BCUT2D eigenvalue weighted by Crippen LogP contribution is -2.15. The molecule has 0 radical (unpaired) electrons. The fraction of sp³-hybridized carbons (Fsp3) is 0.419. The third-order valence-corrected chi connectivity index (χ3v) is 8.33. The van der Waals surface area contributed by atoms with Crippen molar-refractivity contribution in [2.45, 2.75) is 71.1 Å². The molecule has 37 heavy (non-hydrogen) atoms. The van der Waals surface area contributed by atoms with Crippen molar-refractivity contribution in [2.24, 2.45) is 0 Å². The summed E-state index contributed by atoms with van der Waals surface area (Å²) in [4.78, 5) is 25.4. The molecule has 0 bridgehead atoms. The van der Waals surface area contributed by atoms with Crippen molar-refractivity contribution in [1.82, 2.24) is 0 Å². The molecule has 1 N–H and O–H groups in total. The zero-order valence-electron chi connectivity index (χ0n) is 22.3. The Bertz CT molecular complexity index is 1240. The van der Waals surface area contributed by atoms with Crippen LogP contribution in [0.4, 0.5) is 5.00 Å². The van der Waals surface area contributed by atoms with Crippen LogP contribution in [0.3, 0.4) is 0 Å². The van der Waals surface area contributed by atoms with Crippen molar-refractivity contribution < 1.29 is 19.1 Å². The van der Waals surface area contributed by atoms with Crippen LogP contribution >= 0.6 is 11.3 Å². The number of methoxy groups -OCH3 is 1. The summed E-state index contributed by atoms with van der Waals surface area (Å²) >= 11 is 1.36. The molecule has 1 amide bonds. The normalized spacial score (nSPS) is 13.1. The maximum absolute atomic E-state index is 12.7. The van der Waals surface area contributed by atoms with Gasteiger partial charge in [-0.3, -0.25) is 4.79 Å². The van der Waals surface area contributed by atoms with Crippen LogP contribution in [0.15, 0.2) is 47.8 Å². The maximum atomic E-state index is 12.7. The quantitative estimate of drug-likeness (QED) is 0.222. The Kier molecular flexibility index (Phi) is 8.70. The van der Waals surface area contributed by atoms with Crippen molar-refractivity contribution in [3.8, 4) is 16.9 Å². The molecule has 4 rings (SSSR count). The van der Waals surface area contributed by atoms with Crippen LogP contribution in [-0.4, -0.2) is 25.6 Å². The summed E-state index contributed by atoms with van der Waals surface area (Å²) in [6, 6.07) is 14.6. The molecule has 0 saturated carbocycles. The number of esters is 1. The van der Waals surface area contributed by atoms with Crippen LogP contribution in [0.25, 0.3) is 11.1 Å². The van der Waals surface area contributed by atoms with Gasteiger partial charge in [0.2, 0.25) is 5.91 Å². The number of thiophene rings is 1. The summed E-state index contributed by atoms with van der Waals surface area (Å²) in [5.41, 5.74) is 6.37. The van der Waals surface area contributed by atoms with E-state index >= 15 is 0 Å². The number of ether oxygens (including phenoxy) is 2. The number of amides is 1. The second-order valence-corrected chi connectivity index (χ2v) is 11.2. The Morgan fingerprint density at radius 2 is 1.76 bits per heavy atom. The van der Waals surface area contributed by atoms with Crippen molar-refractivity contribution in [2.75, 3.05) is 19.0 Å². The summed E-state index contributed by atoms with van der Waals surface area (Å²) in [5, 5.41) is 5.39. The molecule has 6 heteroatoms. The van der Waals surface area contributed by atoms with Crippen LogP contribution < -0.4 is 10.1 Å². The highest BCUT2D eigenvalue weighted by Gasteiger charge is 2.23. The van der Waals surface area contributed by atoms with Crippen LogP contribution in [0.2, 0.25) is 0 Å². The molecule has 1 aliphatic rings. The third-order valence-electron chi connectivity index (χ3n) is 7.43. The molecule has 1 aromatic heterocycles. The molecular weight excluding hydrogens is 482 g/mol. The Morgan fingerprint density at radius 1 is 1.03 bits per heavy atom. The SMILES string of the molecule is CCC(C)(C)c1ccc(OCCCC(=O)Nc2scc(-c3ccc4c(c3)CCCC4)c2C(=O)OC)cc1. The number of anilines is 1. The van der Waals surface area contributed by atoms with Gasteiger partial charge in [-0.05, 0) is 78.3 Å². The van der Waals surface area contributed by atoms with E-state index in [-0.39, 0.29) is 11.3 Å². The smallest absolute Gasteiger partial charge is 0.341 e. The fourth-order valence-electron chi connectivity index (χ4n) is 4.69. The molecule has 196 valence electrons.